The van der Waals surface area contributed by atoms with Gasteiger partial charge < -0.3 is 14.2 Å². The molecular formula is C26H25NO5S. The van der Waals surface area contributed by atoms with Gasteiger partial charge in [0.05, 0.1) is 24.7 Å². The van der Waals surface area contributed by atoms with Crippen LogP contribution in [0.1, 0.15) is 19.4 Å². The van der Waals surface area contributed by atoms with Crippen LogP contribution in [0.25, 0.3) is 16.8 Å². The lowest BCUT2D eigenvalue weighted by Gasteiger charge is -2.14. The Morgan fingerprint density at radius 1 is 0.879 bits per heavy atom. The minimum Gasteiger partial charge on any atom is -0.494 e. The number of ether oxygens (including phenoxy) is 3. The molecule has 7 heteroatoms. The molecule has 0 spiro atoms. The van der Waals surface area contributed by atoms with E-state index in [9.17, 15) is 9.59 Å². The normalized spacial score (nSPS) is 14.8. The molecule has 0 radical (unpaired) electrons. The number of carbonyl (C=O) groups excluding carboxylic acids is 2. The molecule has 0 unspecified atom stereocenters. The lowest BCUT2D eigenvalue weighted by Crippen LogP contribution is -2.32. The van der Waals surface area contributed by atoms with E-state index >= 15 is 0 Å². The fraction of sp³-hybridized carbons (Fsp3) is 0.231. The maximum absolute atomic E-state index is 12.9. The van der Waals surface area contributed by atoms with Crippen molar-refractivity contribution in [3.63, 3.8) is 0 Å². The van der Waals surface area contributed by atoms with Crippen molar-refractivity contribution in [1.29, 1.82) is 0 Å². The van der Waals surface area contributed by atoms with Crippen LogP contribution in [-0.2, 0) is 4.79 Å². The number of nitrogens with zero attached hydrogens (tertiary/aromatic N) is 1. The van der Waals surface area contributed by atoms with E-state index in [0.29, 0.717) is 29.6 Å². The van der Waals surface area contributed by atoms with Gasteiger partial charge in [0.15, 0.2) is 0 Å². The van der Waals surface area contributed by atoms with Gasteiger partial charge in [-0.3, -0.25) is 14.5 Å². The number of benzene rings is 3. The summed E-state index contributed by atoms with van der Waals surface area (Å²) in [4.78, 5) is 27.0. The standard InChI is InChI=1S/C26H25NO5S/c1-3-30-20-13-12-19(23(17-20)31-4-2)16-24-25(28)27(26(29)33-24)14-15-32-22-11-7-9-18-8-5-6-10-21(18)22/h5-13,16-17H,3-4,14-15H2,1-2H3/b24-16-. The Hall–Kier alpha value is -3.45. The summed E-state index contributed by atoms with van der Waals surface area (Å²) in [6.45, 7) is 5.21. The highest BCUT2D eigenvalue weighted by Crippen LogP contribution is 2.35. The predicted octanol–water partition coefficient (Wildman–Crippen LogP) is 5.75. The van der Waals surface area contributed by atoms with E-state index in [-0.39, 0.29) is 24.3 Å². The summed E-state index contributed by atoms with van der Waals surface area (Å²) >= 11 is 0.923. The van der Waals surface area contributed by atoms with Crippen LogP contribution >= 0.6 is 11.8 Å². The zero-order chi connectivity index (χ0) is 23.2. The average molecular weight is 464 g/mol. The maximum atomic E-state index is 12.9. The number of fused-ring (bicyclic) bond motifs is 1. The number of hydrogen-bond acceptors (Lipinski definition) is 6. The van der Waals surface area contributed by atoms with Crippen LogP contribution in [0.2, 0.25) is 0 Å². The van der Waals surface area contributed by atoms with Crippen molar-refractivity contribution in [2.75, 3.05) is 26.4 Å². The molecule has 4 rings (SSSR count). The molecule has 2 amide bonds. The van der Waals surface area contributed by atoms with Crippen LogP contribution in [0, 0.1) is 0 Å². The molecule has 33 heavy (non-hydrogen) atoms. The fourth-order valence-corrected chi connectivity index (χ4v) is 4.43. The van der Waals surface area contributed by atoms with Crippen molar-refractivity contribution < 1.29 is 23.8 Å². The van der Waals surface area contributed by atoms with E-state index in [4.69, 9.17) is 14.2 Å². The van der Waals surface area contributed by atoms with Crippen LogP contribution in [0.3, 0.4) is 0 Å². The summed E-state index contributed by atoms with van der Waals surface area (Å²) in [6.07, 6.45) is 1.69. The van der Waals surface area contributed by atoms with Gasteiger partial charge in [0, 0.05) is 17.0 Å². The van der Waals surface area contributed by atoms with Gasteiger partial charge in [-0.25, -0.2) is 0 Å². The molecule has 1 saturated heterocycles. The van der Waals surface area contributed by atoms with Crippen LogP contribution in [-0.4, -0.2) is 42.4 Å². The Morgan fingerprint density at radius 2 is 1.67 bits per heavy atom. The summed E-state index contributed by atoms with van der Waals surface area (Å²) in [6, 6.07) is 19.2. The largest absolute Gasteiger partial charge is 0.494 e. The molecule has 0 atom stereocenters. The second kappa shape index (κ2) is 10.4. The van der Waals surface area contributed by atoms with Crippen molar-refractivity contribution in [2.45, 2.75) is 13.8 Å². The van der Waals surface area contributed by atoms with Crippen LogP contribution in [0.4, 0.5) is 4.79 Å². The molecule has 6 nitrogen and oxygen atoms in total. The van der Waals surface area contributed by atoms with Gasteiger partial charge in [0.1, 0.15) is 23.9 Å². The van der Waals surface area contributed by atoms with Gasteiger partial charge in [-0.1, -0.05) is 36.4 Å². The van der Waals surface area contributed by atoms with E-state index in [1.54, 1.807) is 12.1 Å². The van der Waals surface area contributed by atoms with E-state index < -0.39 is 0 Å². The predicted molar refractivity (Wildman–Crippen MR) is 131 cm³/mol. The van der Waals surface area contributed by atoms with Crippen LogP contribution in [0.5, 0.6) is 17.2 Å². The average Bonchev–Trinajstić information content (AvgIpc) is 3.08. The second-order valence-electron chi connectivity index (χ2n) is 7.22. The first-order chi connectivity index (χ1) is 16.1. The lowest BCUT2D eigenvalue weighted by atomic mass is 10.1. The molecule has 3 aromatic rings. The van der Waals surface area contributed by atoms with Crippen molar-refractivity contribution in [1.82, 2.24) is 4.90 Å². The van der Waals surface area contributed by atoms with Crippen LogP contribution < -0.4 is 14.2 Å². The molecule has 1 fully saturated rings. The third-order valence-electron chi connectivity index (χ3n) is 5.08. The molecule has 1 heterocycles. The first-order valence-electron chi connectivity index (χ1n) is 10.9. The number of imide groups is 1. The van der Waals surface area contributed by atoms with Crippen molar-refractivity contribution in [3.05, 3.63) is 71.1 Å². The van der Waals surface area contributed by atoms with Gasteiger partial charge in [-0.2, -0.15) is 0 Å². The van der Waals surface area contributed by atoms with Gasteiger partial charge in [-0.15, -0.1) is 0 Å². The molecule has 170 valence electrons. The number of amides is 2. The molecule has 0 aliphatic carbocycles. The van der Waals surface area contributed by atoms with E-state index in [1.165, 1.54) is 4.90 Å². The molecule has 1 aliphatic heterocycles. The minimum absolute atomic E-state index is 0.173. The molecule has 0 aromatic heterocycles. The summed E-state index contributed by atoms with van der Waals surface area (Å²) in [5.74, 6) is 1.69. The highest BCUT2D eigenvalue weighted by molar-refractivity contribution is 8.18. The summed E-state index contributed by atoms with van der Waals surface area (Å²) < 4.78 is 17.1. The summed E-state index contributed by atoms with van der Waals surface area (Å²) in [5, 5.41) is 1.76. The molecule has 1 aliphatic rings. The monoisotopic (exact) mass is 463 g/mol. The van der Waals surface area contributed by atoms with Gasteiger partial charge in [-0.05, 0) is 55.3 Å². The summed E-state index contributed by atoms with van der Waals surface area (Å²) in [7, 11) is 0. The van der Waals surface area contributed by atoms with Gasteiger partial charge in [0.2, 0.25) is 0 Å². The number of carbonyl (C=O) groups is 2. The molecular weight excluding hydrogens is 438 g/mol. The highest BCUT2D eigenvalue weighted by atomic mass is 32.2. The zero-order valence-corrected chi connectivity index (χ0v) is 19.4. The van der Waals surface area contributed by atoms with E-state index in [2.05, 4.69) is 0 Å². The number of thioether (sulfide) groups is 1. The molecule has 0 saturated carbocycles. The Morgan fingerprint density at radius 3 is 2.48 bits per heavy atom. The van der Waals surface area contributed by atoms with Crippen LogP contribution in [0.15, 0.2) is 65.6 Å². The van der Waals surface area contributed by atoms with Crippen molar-refractivity contribution in [2.24, 2.45) is 0 Å². The molecule has 0 bridgehead atoms. The third-order valence-corrected chi connectivity index (χ3v) is 5.99. The first kappa shape index (κ1) is 22.7. The van der Waals surface area contributed by atoms with Gasteiger partial charge in [0.25, 0.3) is 11.1 Å². The topological polar surface area (TPSA) is 65.1 Å². The van der Waals surface area contributed by atoms with Crippen molar-refractivity contribution in [3.8, 4) is 17.2 Å². The Balaban J connectivity index is 1.46. The van der Waals surface area contributed by atoms with Crippen molar-refractivity contribution >= 4 is 39.8 Å². The summed E-state index contributed by atoms with van der Waals surface area (Å²) in [5.41, 5.74) is 0.720. The molecule has 0 N–H and O–H groups in total. The SMILES string of the molecule is CCOc1ccc(/C=C2\SC(=O)N(CCOc3cccc4ccccc34)C2=O)c(OCC)c1. The third kappa shape index (κ3) is 5.14. The Kier molecular flexibility index (Phi) is 7.19. The first-order valence-corrected chi connectivity index (χ1v) is 11.7. The highest BCUT2D eigenvalue weighted by Gasteiger charge is 2.35. The Labute approximate surface area is 197 Å². The minimum atomic E-state index is -0.331. The molecule has 3 aromatic carbocycles. The van der Waals surface area contributed by atoms with Gasteiger partial charge >= 0.3 is 0 Å². The smallest absolute Gasteiger partial charge is 0.293 e. The van der Waals surface area contributed by atoms with E-state index in [1.807, 2.05) is 68.4 Å². The second-order valence-corrected chi connectivity index (χ2v) is 8.22. The quantitative estimate of drug-likeness (QED) is 0.376. The number of rotatable bonds is 9. The Bertz CT molecular complexity index is 1200. The lowest BCUT2D eigenvalue weighted by molar-refractivity contribution is -0.123. The fourth-order valence-electron chi connectivity index (χ4n) is 3.57. The zero-order valence-electron chi connectivity index (χ0n) is 18.6. The van der Waals surface area contributed by atoms with E-state index in [0.717, 1.165) is 33.8 Å². The number of hydrogen-bond donors (Lipinski definition) is 0. The maximum Gasteiger partial charge on any atom is 0.293 e.